The highest BCUT2D eigenvalue weighted by molar-refractivity contribution is 6.33. The summed E-state index contributed by atoms with van der Waals surface area (Å²) in [5.41, 5.74) is -1.10. The minimum atomic E-state index is -4.71. The zero-order valence-corrected chi connectivity index (χ0v) is 17.4. The number of carbonyl (C=O) groups excluding carboxylic acids is 2. The van der Waals surface area contributed by atoms with Gasteiger partial charge in [-0.25, -0.2) is 4.98 Å². The molecule has 1 aliphatic heterocycles. The molecule has 168 valence electrons. The number of amides is 2. The van der Waals surface area contributed by atoms with Crippen LogP contribution in [0.25, 0.3) is 16.8 Å². The van der Waals surface area contributed by atoms with Gasteiger partial charge in [-0.3, -0.25) is 14.0 Å². The minimum absolute atomic E-state index is 0.104. The lowest BCUT2D eigenvalue weighted by Gasteiger charge is -2.15. The topological polar surface area (TPSA) is 79.8 Å². The fourth-order valence-corrected chi connectivity index (χ4v) is 4.16. The smallest absolute Gasteiger partial charge is 0.420 e. The zero-order chi connectivity index (χ0) is 22.6. The first-order chi connectivity index (χ1) is 15.2. The lowest BCUT2D eigenvalue weighted by atomic mass is 10.1. The predicted octanol–water partition coefficient (Wildman–Crippen LogP) is 4.01. The Hall–Kier alpha value is -3.01. The highest BCUT2D eigenvalue weighted by Gasteiger charge is 2.38. The van der Waals surface area contributed by atoms with Crippen molar-refractivity contribution in [1.82, 2.24) is 19.6 Å². The molecule has 5 rings (SSSR count). The molecule has 2 aliphatic rings. The van der Waals surface area contributed by atoms with Crippen LogP contribution in [0.4, 0.5) is 13.2 Å². The molecule has 11 heteroatoms. The van der Waals surface area contributed by atoms with Gasteiger partial charge in [0.2, 0.25) is 5.91 Å². The maximum atomic E-state index is 13.8. The number of rotatable bonds is 4. The molecule has 0 radical (unpaired) electrons. The van der Waals surface area contributed by atoms with Crippen molar-refractivity contribution < 1.29 is 27.2 Å². The summed E-state index contributed by atoms with van der Waals surface area (Å²) < 4.78 is 47.4. The van der Waals surface area contributed by atoms with Gasteiger partial charge in [0.1, 0.15) is 5.15 Å². The van der Waals surface area contributed by atoms with Crippen molar-refractivity contribution in [3.63, 3.8) is 0 Å². The monoisotopic (exact) mass is 466 g/mol. The standard InChI is InChI=1S/C21H18ClF3N4O3/c22-17-16(20(31)28-5-3-11(8-28)19(30)26-14-1-2-14)27-18-15(21(23,24)25)7-13(9-29(17)18)12-4-6-32-10-12/h4,6-7,9-11,14H,1-3,5,8H2,(H,26,30). The Morgan fingerprint density at radius 1 is 1.22 bits per heavy atom. The fraction of sp³-hybridized carbons (Fsp3) is 0.381. The molecule has 0 spiro atoms. The molecule has 2 amide bonds. The Morgan fingerprint density at radius 2 is 2.00 bits per heavy atom. The number of carbonyl (C=O) groups is 2. The van der Waals surface area contributed by atoms with Crippen molar-refractivity contribution in [3.05, 3.63) is 47.3 Å². The number of hydrogen-bond acceptors (Lipinski definition) is 4. The molecule has 1 saturated heterocycles. The van der Waals surface area contributed by atoms with E-state index >= 15 is 0 Å². The second-order valence-electron chi connectivity index (χ2n) is 8.12. The van der Waals surface area contributed by atoms with E-state index in [0.29, 0.717) is 18.5 Å². The van der Waals surface area contributed by atoms with Gasteiger partial charge in [-0.2, -0.15) is 13.2 Å². The van der Waals surface area contributed by atoms with Gasteiger partial charge in [0.15, 0.2) is 11.3 Å². The molecule has 4 heterocycles. The van der Waals surface area contributed by atoms with E-state index in [0.717, 1.165) is 23.3 Å². The Labute approximate surface area is 185 Å². The first-order valence-corrected chi connectivity index (χ1v) is 10.5. The van der Waals surface area contributed by atoms with Gasteiger partial charge in [0.05, 0.1) is 24.0 Å². The predicted molar refractivity (Wildman–Crippen MR) is 108 cm³/mol. The van der Waals surface area contributed by atoms with Crippen molar-refractivity contribution in [1.29, 1.82) is 0 Å². The van der Waals surface area contributed by atoms with Crippen LogP contribution in [0.5, 0.6) is 0 Å². The van der Waals surface area contributed by atoms with Gasteiger partial charge in [-0.15, -0.1) is 0 Å². The molecule has 32 heavy (non-hydrogen) atoms. The van der Waals surface area contributed by atoms with Gasteiger partial charge >= 0.3 is 6.18 Å². The summed E-state index contributed by atoms with van der Waals surface area (Å²) >= 11 is 6.34. The second kappa shape index (κ2) is 7.54. The normalized spacial score (nSPS) is 19.0. The molecular formula is C21H18ClF3N4O3. The third-order valence-corrected chi connectivity index (χ3v) is 6.16. The summed E-state index contributed by atoms with van der Waals surface area (Å²) in [7, 11) is 0. The van der Waals surface area contributed by atoms with E-state index < -0.39 is 23.3 Å². The molecule has 1 atom stereocenters. The lowest BCUT2D eigenvalue weighted by molar-refractivity contribution is -0.136. The van der Waals surface area contributed by atoms with Crippen LogP contribution in [-0.2, 0) is 11.0 Å². The highest BCUT2D eigenvalue weighted by atomic mass is 35.5. The molecule has 1 aliphatic carbocycles. The van der Waals surface area contributed by atoms with Crippen LogP contribution >= 0.6 is 11.6 Å². The van der Waals surface area contributed by atoms with Crippen LogP contribution in [0.2, 0.25) is 5.15 Å². The van der Waals surface area contributed by atoms with Crippen LogP contribution in [0.3, 0.4) is 0 Å². The first kappa shape index (κ1) is 20.9. The molecule has 1 saturated carbocycles. The van der Waals surface area contributed by atoms with E-state index in [1.54, 1.807) is 0 Å². The van der Waals surface area contributed by atoms with E-state index in [9.17, 15) is 22.8 Å². The number of fused-ring (bicyclic) bond motifs is 1. The summed E-state index contributed by atoms with van der Waals surface area (Å²) in [6.07, 6.45) is 1.73. The van der Waals surface area contributed by atoms with Crippen LogP contribution in [0.15, 0.2) is 35.3 Å². The van der Waals surface area contributed by atoms with Crippen LogP contribution in [0, 0.1) is 5.92 Å². The average Bonchev–Trinajstić information content (AvgIpc) is 3.17. The molecule has 7 nitrogen and oxygen atoms in total. The van der Waals surface area contributed by atoms with Crippen molar-refractivity contribution >= 4 is 29.1 Å². The first-order valence-electron chi connectivity index (χ1n) is 10.1. The van der Waals surface area contributed by atoms with Crippen molar-refractivity contribution in [2.45, 2.75) is 31.5 Å². The SMILES string of the molecule is O=C(NC1CC1)C1CCN(C(=O)c2nc3c(C(F)(F)F)cc(-c4ccoc4)cn3c2Cl)C1. The van der Waals surface area contributed by atoms with E-state index in [4.69, 9.17) is 16.0 Å². The third-order valence-electron chi connectivity index (χ3n) is 5.79. The van der Waals surface area contributed by atoms with E-state index in [2.05, 4.69) is 10.3 Å². The number of aromatic nitrogens is 2. The van der Waals surface area contributed by atoms with E-state index in [1.165, 1.54) is 29.7 Å². The molecule has 3 aromatic rings. The van der Waals surface area contributed by atoms with Crippen LogP contribution in [-0.4, -0.2) is 45.2 Å². The number of furan rings is 1. The Bertz CT molecular complexity index is 1200. The molecular weight excluding hydrogens is 449 g/mol. The van der Waals surface area contributed by atoms with Crippen molar-refractivity contribution in [2.75, 3.05) is 13.1 Å². The van der Waals surface area contributed by atoms with Crippen LogP contribution < -0.4 is 5.32 Å². The van der Waals surface area contributed by atoms with Gasteiger partial charge in [-0.1, -0.05) is 11.6 Å². The van der Waals surface area contributed by atoms with Crippen LogP contribution in [0.1, 0.15) is 35.3 Å². The minimum Gasteiger partial charge on any atom is -0.472 e. The van der Waals surface area contributed by atoms with E-state index in [1.807, 2.05) is 0 Å². The quantitative estimate of drug-likeness (QED) is 0.630. The summed E-state index contributed by atoms with van der Waals surface area (Å²) in [6, 6.07) is 2.69. The number of nitrogens with one attached hydrogen (secondary N) is 1. The summed E-state index contributed by atoms with van der Waals surface area (Å²) in [6.45, 7) is 0.478. The third kappa shape index (κ3) is 3.72. The van der Waals surface area contributed by atoms with Crippen molar-refractivity contribution in [2.24, 2.45) is 5.92 Å². The molecule has 3 aromatic heterocycles. The largest absolute Gasteiger partial charge is 0.472 e. The van der Waals surface area contributed by atoms with Gasteiger partial charge in [-0.05, 0) is 31.4 Å². The summed E-state index contributed by atoms with van der Waals surface area (Å²) in [5.74, 6) is -1.06. The maximum absolute atomic E-state index is 13.8. The molecule has 0 aromatic carbocycles. The number of hydrogen-bond donors (Lipinski definition) is 1. The number of likely N-dealkylation sites (tertiary alicyclic amines) is 1. The molecule has 2 fully saturated rings. The lowest BCUT2D eigenvalue weighted by Crippen LogP contribution is -2.35. The number of halogens is 4. The Morgan fingerprint density at radius 3 is 2.66 bits per heavy atom. The molecule has 1 N–H and O–H groups in total. The average molecular weight is 467 g/mol. The Kier molecular flexibility index (Phi) is 4.92. The maximum Gasteiger partial charge on any atom is 0.420 e. The summed E-state index contributed by atoms with van der Waals surface area (Å²) in [5, 5.41) is 2.70. The second-order valence-corrected chi connectivity index (χ2v) is 8.47. The highest BCUT2D eigenvalue weighted by Crippen LogP contribution is 2.37. The summed E-state index contributed by atoms with van der Waals surface area (Å²) in [4.78, 5) is 30.7. The molecule has 0 bridgehead atoms. The number of nitrogens with zero attached hydrogens (tertiary/aromatic N) is 3. The van der Waals surface area contributed by atoms with E-state index in [-0.39, 0.29) is 40.8 Å². The van der Waals surface area contributed by atoms with Crippen molar-refractivity contribution in [3.8, 4) is 11.1 Å². The Balaban J connectivity index is 1.48. The van der Waals surface area contributed by atoms with Gasteiger partial charge in [0, 0.05) is 36.5 Å². The zero-order valence-electron chi connectivity index (χ0n) is 16.7. The number of imidazole rings is 1. The van der Waals surface area contributed by atoms with Gasteiger partial charge < -0.3 is 14.6 Å². The van der Waals surface area contributed by atoms with Gasteiger partial charge in [0.25, 0.3) is 5.91 Å². The number of pyridine rings is 1. The molecule has 1 unspecified atom stereocenters. The fourth-order valence-electron chi connectivity index (χ4n) is 3.90. The number of alkyl halides is 3.